The van der Waals surface area contributed by atoms with E-state index in [1.165, 1.54) is 0 Å². The Labute approximate surface area is 48.8 Å². The van der Waals surface area contributed by atoms with E-state index in [1.807, 2.05) is 0 Å². The van der Waals surface area contributed by atoms with Crippen molar-refractivity contribution in [3.05, 3.63) is 0 Å². The predicted molar refractivity (Wildman–Crippen MR) is 19.5 cm³/mol. The van der Waals surface area contributed by atoms with Gasteiger partial charge in [-0.3, -0.25) is 0 Å². The van der Waals surface area contributed by atoms with Gasteiger partial charge < -0.3 is 11.5 Å². The molecular formula is CH4BiN2O. The molecule has 0 heterocycles. The van der Waals surface area contributed by atoms with Crippen LogP contribution in [0.3, 0.4) is 0 Å². The molecule has 29 valence electrons. The topological polar surface area (TPSA) is 69.1 Å². The van der Waals surface area contributed by atoms with Crippen molar-refractivity contribution in [2.75, 3.05) is 0 Å². The van der Waals surface area contributed by atoms with Crippen molar-refractivity contribution in [2.24, 2.45) is 11.5 Å². The van der Waals surface area contributed by atoms with E-state index in [0.29, 0.717) is 0 Å². The van der Waals surface area contributed by atoms with Gasteiger partial charge in [0.15, 0.2) is 0 Å². The molecule has 0 aliphatic heterocycles. The first kappa shape index (κ1) is 8.94. The molecule has 0 aromatic heterocycles. The second kappa shape index (κ2) is 4.15. The Hall–Kier alpha value is 0.153. The van der Waals surface area contributed by atoms with Crippen LogP contribution in [0.4, 0.5) is 4.79 Å². The zero-order valence-corrected chi connectivity index (χ0v) is 5.99. The van der Waals surface area contributed by atoms with Gasteiger partial charge in [-0.2, -0.15) is 0 Å². The molecule has 0 aliphatic rings. The van der Waals surface area contributed by atoms with E-state index in [2.05, 4.69) is 11.5 Å². The average molecular weight is 269 g/mol. The zero-order chi connectivity index (χ0) is 3.58. The Kier molecular flexibility index (Phi) is 7.43. The summed E-state index contributed by atoms with van der Waals surface area (Å²) in [5.41, 5.74) is 8.50. The molecule has 0 unspecified atom stereocenters. The number of primary amides is 2. The van der Waals surface area contributed by atoms with Crippen LogP contribution < -0.4 is 11.5 Å². The fourth-order valence-corrected chi connectivity index (χ4v) is 0. The Morgan fingerprint density at radius 2 is 1.40 bits per heavy atom. The van der Waals surface area contributed by atoms with Crippen LogP contribution >= 0.6 is 0 Å². The molecule has 3 nitrogen and oxygen atoms in total. The molecule has 0 atom stereocenters. The number of carbonyl (C=O) groups is 1. The first-order chi connectivity index (χ1) is 1.73. The molecule has 0 aliphatic carbocycles. The van der Waals surface area contributed by atoms with Crippen molar-refractivity contribution in [3.8, 4) is 0 Å². The van der Waals surface area contributed by atoms with Crippen molar-refractivity contribution in [3.63, 3.8) is 0 Å². The molecule has 0 spiro atoms. The normalized spacial score (nSPS) is 4.80. The van der Waals surface area contributed by atoms with E-state index in [0.717, 1.165) is 0 Å². The summed E-state index contributed by atoms with van der Waals surface area (Å²) in [7, 11) is 0. The predicted octanol–water partition coefficient (Wildman–Crippen LogP) is -1.36. The maximum absolute atomic E-state index is 9.00. The van der Waals surface area contributed by atoms with Gasteiger partial charge in [-0.15, -0.1) is 0 Å². The Morgan fingerprint density at radius 1 is 1.40 bits per heavy atom. The van der Waals surface area contributed by atoms with Crippen LogP contribution in [0, 0.1) is 0 Å². The summed E-state index contributed by atoms with van der Waals surface area (Å²) in [5, 5.41) is 0. The van der Waals surface area contributed by atoms with E-state index >= 15 is 0 Å². The SMILES string of the molecule is NC(N)=O.[Bi]. The largest absolute Gasteiger partial charge is 0.352 e. The number of carbonyl (C=O) groups excluding carboxylic acids is 1. The van der Waals surface area contributed by atoms with Gasteiger partial charge in [0.2, 0.25) is 0 Å². The minimum Gasteiger partial charge on any atom is -0.352 e. The van der Waals surface area contributed by atoms with Gasteiger partial charge in [0.25, 0.3) is 0 Å². The summed E-state index contributed by atoms with van der Waals surface area (Å²) in [5.74, 6) is 0. The van der Waals surface area contributed by atoms with Gasteiger partial charge in [0.1, 0.15) is 0 Å². The maximum atomic E-state index is 9.00. The number of amides is 2. The maximum Gasteiger partial charge on any atom is 0.309 e. The van der Waals surface area contributed by atoms with Gasteiger partial charge in [-0.05, 0) is 0 Å². The van der Waals surface area contributed by atoms with Gasteiger partial charge in [0, 0.05) is 26.2 Å². The van der Waals surface area contributed by atoms with E-state index in [1.54, 1.807) is 0 Å². The first-order valence-corrected chi connectivity index (χ1v) is 0.781. The molecule has 4 heteroatoms. The number of urea groups is 1. The number of hydrogen-bond acceptors (Lipinski definition) is 1. The molecule has 5 heavy (non-hydrogen) atoms. The summed E-state index contributed by atoms with van der Waals surface area (Å²) < 4.78 is 0. The summed E-state index contributed by atoms with van der Waals surface area (Å²) in [6, 6.07) is -0.833. The smallest absolute Gasteiger partial charge is 0.309 e. The van der Waals surface area contributed by atoms with E-state index in [9.17, 15) is 0 Å². The van der Waals surface area contributed by atoms with Crippen molar-refractivity contribution < 1.29 is 4.79 Å². The molecule has 0 fully saturated rings. The zero-order valence-electron chi connectivity index (χ0n) is 2.51. The molecule has 0 aromatic carbocycles. The summed E-state index contributed by atoms with van der Waals surface area (Å²) in [4.78, 5) is 9.00. The third-order valence-electron chi connectivity index (χ3n) is 0. The van der Waals surface area contributed by atoms with E-state index < -0.39 is 6.03 Å². The van der Waals surface area contributed by atoms with Crippen molar-refractivity contribution in [2.45, 2.75) is 0 Å². The van der Waals surface area contributed by atoms with Crippen molar-refractivity contribution >= 4 is 32.2 Å². The van der Waals surface area contributed by atoms with Crippen molar-refractivity contribution in [1.29, 1.82) is 0 Å². The number of hydrogen-bond donors (Lipinski definition) is 2. The van der Waals surface area contributed by atoms with Crippen LogP contribution in [0.1, 0.15) is 0 Å². The Morgan fingerprint density at radius 3 is 1.40 bits per heavy atom. The first-order valence-electron chi connectivity index (χ1n) is 0.781. The molecule has 3 radical (unpaired) electrons. The van der Waals surface area contributed by atoms with Crippen LogP contribution in [0.25, 0.3) is 0 Å². The monoisotopic (exact) mass is 269 g/mol. The Balaban J connectivity index is 0. The number of nitrogens with two attached hydrogens (primary N) is 2. The second-order valence-corrected chi connectivity index (χ2v) is 0.402. The second-order valence-electron chi connectivity index (χ2n) is 0.402. The van der Waals surface area contributed by atoms with Crippen LogP contribution in [0.2, 0.25) is 0 Å². The van der Waals surface area contributed by atoms with E-state index in [4.69, 9.17) is 4.79 Å². The molecule has 0 saturated carbocycles. The fraction of sp³-hybridized carbons (Fsp3) is 0. The minimum absolute atomic E-state index is 0. The minimum atomic E-state index is -0.833. The van der Waals surface area contributed by atoms with Crippen LogP contribution in [-0.2, 0) is 0 Å². The van der Waals surface area contributed by atoms with Crippen LogP contribution in [-0.4, -0.2) is 32.2 Å². The van der Waals surface area contributed by atoms with Gasteiger partial charge in [-0.1, -0.05) is 0 Å². The van der Waals surface area contributed by atoms with Crippen LogP contribution in [0.15, 0.2) is 0 Å². The average Bonchev–Trinajstić information content (AvgIpc) is 0.811. The third-order valence-corrected chi connectivity index (χ3v) is 0. The summed E-state index contributed by atoms with van der Waals surface area (Å²) in [6.45, 7) is 0. The summed E-state index contributed by atoms with van der Waals surface area (Å²) >= 11 is 0. The summed E-state index contributed by atoms with van der Waals surface area (Å²) in [6.07, 6.45) is 0. The van der Waals surface area contributed by atoms with E-state index in [-0.39, 0.29) is 26.2 Å². The van der Waals surface area contributed by atoms with Crippen molar-refractivity contribution in [1.82, 2.24) is 0 Å². The van der Waals surface area contributed by atoms with Gasteiger partial charge in [0.05, 0.1) is 0 Å². The molecular weight excluding hydrogens is 265 g/mol. The standard InChI is InChI=1S/CH4N2O.Bi/c2-1(3)4;/h(H4,2,3,4);. The Bertz CT molecular complexity index is 32.6. The fourth-order valence-electron chi connectivity index (χ4n) is 0. The van der Waals surface area contributed by atoms with Gasteiger partial charge >= 0.3 is 6.03 Å². The van der Waals surface area contributed by atoms with Crippen LogP contribution in [0.5, 0.6) is 0 Å². The number of rotatable bonds is 0. The molecule has 4 N–H and O–H groups in total. The molecule has 0 bridgehead atoms. The molecule has 0 aromatic rings. The third kappa shape index (κ3) is 821. The molecule has 2 amide bonds. The molecule has 0 rings (SSSR count). The quantitative estimate of drug-likeness (QED) is 0.524. The van der Waals surface area contributed by atoms with Gasteiger partial charge in [-0.25, -0.2) is 4.79 Å². The molecule has 0 saturated heterocycles.